The predicted octanol–water partition coefficient (Wildman–Crippen LogP) is 3.00. The standard InChI is InChI=1S/C13H15ClFN3/c1-9(16-2)10-6-17-18(7-10)8-11-12(14)4-3-5-13(11)15/h3-7,9,16H,8H2,1-2H3. The van der Waals surface area contributed by atoms with Gasteiger partial charge in [-0.25, -0.2) is 4.39 Å². The summed E-state index contributed by atoms with van der Waals surface area (Å²) < 4.78 is 15.3. The molecular formula is C13H15ClFN3. The van der Waals surface area contributed by atoms with Crippen molar-refractivity contribution in [3.63, 3.8) is 0 Å². The molecule has 0 saturated heterocycles. The third-order valence-electron chi connectivity index (χ3n) is 2.97. The average molecular weight is 268 g/mol. The number of aromatic nitrogens is 2. The first-order chi connectivity index (χ1) is 8.61. The van der Waals surface area contributed by atoms with Crippen molar-refractivity contribution in [2.45, 2.75) is 19.5 Å². The number of hydrogen-bond acceptors (Lipinski definition) is 2. The fourth-order valence-corrected chi connectivity index (χ4v) is 1.92. The summed E-state index contributed by atoms with van der Waals surface area (Å²) in [6, 6.07) is 4.90. The topological polar surface area (TPSA) is 29.9 Å². The Morgan fingerprint density at radius 2 is 2.28 bits per heavy atom. The van der Waals surface area contributed by atoms with E-state index in [-0.39, 0.29) is 11.9 Å². The van der Waals surface area contributed by atoms with Crippen molar-refractivity contribution in [3.05, 3.63) is 52.6 Å². The van der Waals surface area contributed by atoms with E-state index in [9.17, 15) is 4.39 Å². The van der Waals surface area contributed by atoms with Crippen molar-refractivity contribution >= 4 is 11.6 Å². The molecule has 1 aromatic heterocycles. The molecule has 1 atom stereocenters. The van der Waals surface area contributed by atoms with Crippen LogP contribution in [0, 0.1) is 5.82 Å². The quantitative estimate of drug-likeness (QED) is 0.923. The first kappa shape index (κ1) is 13.1. The number of hydrogen-bond donors (Lipinski definition) is 1. The van der Waals surface area contributed by atoms with Crippen LogP contribution in [-0.4, -0.2) is 16.8 Å². The zero-order valence-corrected chi connectivity index (χ0v) is 11.1. The Morgan fingerprint density at radius 1 is 1.50 bits per heavy atom. The second kappa shape index (κ2) is 5.50. The molecule has 18 heavy (non-hydrogen) atoms. The SMILES string of the molecule is CNC(C)c1cnn(Cc2c(F)cccc2Cl)c1. The van der Waals surface area contributed by atoms with Crippen LogP contribution in [0.3, 0.4) is 0 Å². The Balaban J connectivity index is 2.21. The molecule has 0 aliphatic carbocycles. The zero-order valence-electron chi connectivity index (χ0n) is 10.3. The molecular weight excluding hydrogens is 253 g/mol. The second-order valence-electron chi connectivity index (χ2n) is 4.18. The normalized spacial score (nSPS) is 12.7. The number of benzene rings is 1. The van der Waals surface area contributed by atoms with Crippen molar-refractivity contribution in [1.82, 2.24) is 15.1 Å². The molecule has 1 heterocycles. The monoisotopic (exact) mass is 267 g/mol. The van der Waals surface area contributed by atoms with Gasteiger partial charge < -0.3 is 5.32 Å². The Morgan fingerprint density at radius 3 is 2.94 bits per heavy atom. The first-order valence-electron chi connectivity index (χ1n) is 5.74. The van der Waals surface area contributed by atoms with E-state index in [4.69, 9.17) is 11.6 Å². The summed E-state index contributed by atoms with van der Waals surface area (Å²) in [6.07, 6.45) is 3.67. The van der Waals surface area contributed by atoms with E-state index in [1.54, 1.807) is 23.0 Å². The van der Waals surface area contributed by atoms with E-state index >= 15 is 0 Å². The highest BCUT2D eigenvalue weighted by molar-refractivity contribution is 6.31. The van der Waals surface area contributed by atoms with Gasteiger partial charge in [0.05, 0.1) is 12.7 Å². The smallest absolute Gasteiger partial charge is 0.129 e. The van der Waals surface area contributed by atoms with Gasteiger partial charge >= 0.3 is 0 Å². The van der Waals surface area contributed by atoms with Crippen molar-refractivity contribution in [2.24, 2.45) is 0 Å². The highest BCUT2D eigenvalue weighted by atomic mass is 35.5. The predicted molar refractivity (Wildman–Crippen MR) is 70.2 cm³/mol. The van der Waals surface area contributed by atoms with Crippen LogP contribution >= 0.6 is 11.6 Å². The largest absolute Gasteiger partial charge is 0.313 e. The molecule has 0 fully saturated rings. The average Bonchev–Trinajstić information content (AvgIpc) is 2.81. The maximum absolute atomic E-state index is 13.6. The maximum Gasteiger partial charge on any atom is 0.129 e. The lowest BCUT2D eigenvalue weighted by molar-refractivity contribution is 0.584. The van der Waals surface area contributed by atoms with E-state index in [1.807, 2.05) is 20.2 Å². The van der Waals surface area contributed by atoms with Crippen LogP contribution in [-0.2, 0) is 6.54 Å². The van der Waals surface area contributed by atoms with E-state index in [0.29, 0.717) is 17.1 Å². The molecule has 0 aliphatic heterocycles. The van der Waals surface area contributed by atoms with Gasteiger partial charge in [-0.2, -0.15) is 5.10 Å². The van der Waals surface area contributed by atoms with E-state index in [2.05, 4.69) is 10.4 Å². The third kappa shape index (κ3) is 2.71. The van der Waals surface area contributed by atoms with Gasteiger partial charge in [0.25, 0.3) is 0 Å². The van der Waals surface area contributed by atoms with Gasteiger partial charge in [0, 0.05) is 28.4 Å². The summed E-state index contributed by atoms with van der Waals surface area (Å²) in [5.41, 5.74) is 1.52. The van der Waals surface area contributed by atoms with E-state index < -0.39 is 0 Å². The molecule has 5 heteroatoms. The van der Waals surface area contributed by atoms with Gasteiger partial charge in [0.1, 0.15) is 5.82 Å². The van der Waals surface area contributed by atoms with Crippen molar-refractivity contribution in [1.29, 1.82) is 0 Å². The lowest BCUT2D eigenvalue weighted by Crippen LogP contribution is -2.11. The molecule has 0 bridgehead atoms. The molecule has 2 aromatic rings. The number of nitrogens with zero attached hydrogens (tertiary/aromatic N) is 2. The summed E-state index contributed by atoms with van der Waals surface area (Å²) in [5.74, 6) is -0.304. The molecule has 96 valence electrons. The molecule has 3 nitrogen and oxygen atoms in total. The number of rotatable bonds is 4. The molecule has 0 saturated carbocycles. The van der Waals surface area contributed by atoms with E-state index in [0.717, 1.165) is 5.56 Å². The van der Waals surface area contributed by atoms with Crippen LogP contribution in [0.1, 0.15) is 24.1 Å². The summed E-state index contributed by atoms with van der Waals surface area (Å²) in [7, 11) is 1.88. The fourth-order valence-electron chi connectivity index (χ4n) is 1.70. The molecule has 1 unspecified atom stereocenters. The summed E-state index contributed by atoms with van der Waals surface area (Å²) in [4.78, 5) is 0. The van der Waals surface area contributed by atoms with Crippen LogP contribution in [0.4, 0.5) is 4.39 Å². The lowest BCUT2D eigenvalue weighted by atomic mass is 10.2. The fraction of sp³-hybridized carbons (Fsp3) is 0.308. The molecule has 0 radical (unpaired) electrons. The zero-order chi connectivity index (χ0) is 13.1. The van der Waals surface area contributed by atoms with Crippen LogP contribution in [0.15, 0.2) is 30.6 Å². The highest BCUT2D eigenvalue weighted by Crippen LogP contribution is 2.20. The van der Waals surface area contributed by atoms with Gasteiger partial charge in [-0.05, 0) is 26.1 Å². The first-order valence-corrected chi connectivity index (χ1v) is 6.12. The lowest BCUT2D eigenvalue weighted by Gasteiger charge is -2.07. The van der Waals surface area contributed by atoms with Crippen LogP contribution in [0.5, 0.6) is 0 Å². The Labute approximate surface area is 111 Å². The number of halogens is 2. The molecule has 0 aliphatic rings. The molecule has 0 amide bonds. The van der Waals surface area contributed by atoms with Crippen LogP contribution in [0.2, 0.25) is 5.02 Å². The highest BCUT2D eigenvalue weighted by Gasteiger charge is 2.10. The summed E-state index contributed by atoms with van der Waals surface area (Å²) in [5, 5.41) is 7.77. The maximum atomic E-state index is 13.6. The second-order valence-corrected chi connectivity index (χ2v) is 4.59. The van der Waals surface area contributed by atoms with Crippen molar-refractivity contribution in [3.8, 4) is 0 Å². The molecule has 1 N–H and O–H groups in total. The minimum atomic E-state index is -0.304. The third-order valence-corrected chi connectivity index (χ3v) is 3.32. The van der Waals surface area contributed by atoms with Gasteiger partial charge in [-0.15, -0.1) is 0 Å². The van der Waals surface area contributed by atoms with Gasteiger partial charge in [0.15, 0.2) is 0 Å². The van der Waals surface area contributed by atoms with Crippen LogP contribution < -0.4 is 5.32 Å². The molecule has 2 rings (SSSR count). The Hall–Kier alpha value is -1.39. The molecule has 1 aromatic carbocycles. The summed E-state index contributed by atoms with van der Waals surface area (Å²) >= 11 is 5.98. The Bertz CT molecular complexity index is 519. The Kier molecular flexibility index (Phi) is 3.99. The van der Waals surface area contributed by atoms with Crippen molar-refractivity contribution < 1.29 is 4.39 Å². The van der Waals surface area contributed by atoms with Gasteiger partial charge in [-0.1, -0.05) is 17.7 Å². The minimum Gasteiger partial charge on any atom is -0.313 e. The molecule has 0 spiro atoms. The van der Waals surface area contributed by atoms with Crippen LogP contribution in [0.25, 0.3) is 0 Å². The van der Waals surface area contributed by atoms with Crippen molar-refractivity contribution in [2.75, 3.05) is 7.05 Å². The van der Waals surface area contributed by atoms with Gasteiger partial charge in [-0.3, -0.25) is 4.68 Å². The van der Waals surface area contributed by atoms with E-state index in [1.165, 1.54) is 6.07 Å². The summed E-state index contributed by atoms with van der Waals surface area (Å²) in [6.45, 7) is 2.37. The minimum absolute atomic E-state index is 0.217. The number of nitrogens with one attached hydrogen (secondary N) is 1. The van der Waals surface area contributed by atoms with Gasteiger partial charge in [0.2, 0.25) is 0 Å².